The van der Waals surface area contributed by atoms with E-state index in [2.05, 4.69) is 0 Å². The maximum absolute atomic E-state index is 12.2. The average molecular weight is 344 g/mol. The number of aliphatic carboxylic acids is 1. The first-order valence-corrected chi connectivity index (χ1v) is 6.02. The zero-order valence-electron chi connectivity index (χ0n) is 13.2. The first kappa shape index (κ1) is 17.1. The van der Waals surface area contributed by atoms with Crippen molar-refractivity contribution >= 4 is 57.2 Å². The van der Waals surface area contributed by atoms with E-state index < -0.39 is 11.9 Å². The average Bonchev–Trinajstić information content (AvgIpc) is 2.46. The van der Waals surface area contributed by atoms with E-state index >= 15 is 0 Å². The molecule has 4 heteroatoms. The minimum absolute atomic E-state index is 0. The second-order valence-electron chi connectivity index (χ2n) is 4.38. The first-order valence-electron chi connectivity index (χ1n) is 6.02. The fourth-order valence-electron chi connectivity index (χ4n) is 1.85. The van der Waals surface area contributed by atoms with Gasteiger partial charge in [-0.1, -0.05) is 48.5 Å². The van der Waals surface area contributed by atoms with Gasteiger partial charge in [-0.05, 0) is 18.6 Å². The molecule has 0 aliphatic rings. The molecule has 2 aromatic rings. The van der Waals surface area contributed by atoms with Crippen LogP contribution < -0.4 is 0 Å². The van der Waals surface area contributed by atoms with Crippen LogP contribution in [0.1, 0.15) is 37.2 Å². The minimum atomic E-state index is -0.899. The number of carbonyl (C=O) groups excluding carboxylic acids is 1. The fourth-order valence-corrected chi connectivity index (χ4v) is 1.85. The first-order chi connectivity index (χ1) is 9.09. The van der Waals surface area contributed by atoms with Gasteiger partial charge in [-0.15, -0.1) is 0 Å². The van der Waals surface area contributed by atoms with E-state index in [1.165, 1.54) is 0 Å². The summed E-state index contributed by atoms with van der Waals surface area (Å²) in [5.41, 5.74) is 1.74. The summed E-state index contributed by atoms with van der Waals surface area (Å²) < 4.78 is 0. The van der Waals surface area contributed by atoms with Gasteiger partial charge in [0.15, 0.2) is 5.78 Å². The van der Waals surface area contributed by atoms with Gasteiger partial charge >= 0.3 is 51.5 Å². The Labute approximate surface area is 157 Å². The van der Waals surface area contributed by atoms with Crippen LogP contribution in [-0.2, 0) is 4.79 Å². The summed E-state index contributed by atoms with van der Waals surface area (Å²) >= 11 is 0. The predicted octanol–water partition coefficient (Wildman–Crippen LogP) is 2.95. The third-order valence-electron chi connectivity index (χ3n) is 3.06. The largest absolute Gasteiger partial charge is 2.00 e. The Bertz CT molecular complexity index is 618. The Morgan fingerprint density at radius 3 is 2.20 bits per heavy atom. The molecule has 3 nitrogen and oxygen atoms in total. The molecule has 0 bridgehead atoms. The normalized spacial score (nSPS) is 11.2. The topological polar surface area (TPSA) is 54.4 Å². The SMILES string of the molecule is CC(C(=O)O)c1cccc(C(=O)c2ccccc2)c1.[H-].[H-].[Sr+2]. The van der Waals surface area contributed by atoms with E-state index in [1.807, 2.05) is 6.07 Å². The minimum Gasteiger partial charge on any atom is -1.00 e. The molecule has 0 aliphatic carbocycles. The molecule has 0 fully saturated rings. The zero-order valence-corrected chi connectivity index (χ0v) is 14.7. The van der Waals surface area contributed by atoms with Gasteiger partial charge in [0.25, 0.3) is 0 Å². The Balaban J connectivity index is 0. The number of hydrogen-bond donors (Lipinski definition) is 1. The van der Waals surface area contributed by atoms with Crippen LogP contribution in [0, 0.1) is 0 Å². The molecule has 20 heavy (non-hydrogen) atoms. The van der Waals surface area contributed by atoms with Crippen LogP contribution in [0.5, 0.6) is 0 Å². The molecular weight excluding hydrogens is 328 g/mol. The van der Waals surface area contributed by atoms with Crippen molar-refractivity contribution in [3.8, 4) is 0 Å². The molecule has 0 saturated carbocycles. The summed E-state index contributed by atoms with van der Waals surface area (Å²) in [5, 5.41) is 9.00. The summed E-state index contributed by atoms with van der Waals surface area (Å²) in [4.78, 5) is 23.2. The molecular formula is C16H16O3Sr. The number of carbonyl (C=O) groups is 2. The molecule has 2 aromatic carbocycles. The van der Waals surface area contributed by atoms with E-state index in [4.69, 9.17) is 5.11 Å². The predicted molar refractivity (Wildman–Crippen MR) is 80.3 cm³/mol. The number of carboxylic acid groups (broad SMARTS) is 1. The molecule has 0 spiro atoms. The van der Waals surface area contributed by atoms with Crippen LogP contribution >= 0.6 is 0 Å². The standard InChI is InChI=1S/C16H14O3.Sr.2H/c1-11(16(18)19)13-8-5-9-14(10-13)15(17)12-6-3-2-4-7-12;;;/h2-11H,1H3,(H,18,19);;;/q;+2;2*-1. The Morgan fingerprint density at radius 2 is 1.60 bits per heavy atom. The van der Waals surface area contributed by atoms with Crippen LogP contribution in [0.3, 0.4) is 0 Å². The zero-order chi connectivity index (χ0) is 13.8. The van der Waals surface area contributed by atoms with Gasteiger partial charge in [0.1, 0.15) is 0 Å². The molecule has 1 N–H and O–H groups in total. The van der Waals surface area contributed by atoms with Crippen LogP contribution in [0.2, 0.25) is 0 Å². The van der Waals surface area contributed by atoms with Crippen LogP contribution in [-0.4, -0.2) is 62.3 Å². The summed E-state index contributed by atoms with van der Waals surface area (Å²) in [6.45, 7) is 1.61. The Kier molecular flexibility index (Phi) is 6.62. The summed E-state index contributed by atoms with van der Waals surface area (Å²) in [5.74, 6) is -1.62. The Morgan fingerprint density at radius 1 is 1.00 bits per heavy atom. The van der Waals surface area contributed by atoms with E-state index in [0.29, 0.717) is 16.7 Å². The van der Waals surface area contributed by atoms with Crippen LogP contribution in [0.15, 0.2) is 54.6 Å². The molecule has 1 unspecified atom stereocenters. The number of rotatable bonds is 4. The molecule has 0 heterocycles. The van der Waals surface area contributed by atoms with Crippen molar-refractivity contribution in [1.29, 1.82) is 0 Å². The van der Waals surface area contributed by atoms with Crippen molar-refractivity contribution in [3.63, 3.8) is 0 Å². The van der Waals surface area contributed by atoms with Gasteiger partial charge in [0.2, 0.25) is 0 Å². The van der Waals surface area contributed by atoms with Crippen molar-refractivity contribution in [3.05, 3.63) is 71.3 Å². The molecule has 0 aromatic heterocycles. The van der Waals surface area contributed by atoms with E-state index in [1.54, 1.807) is 55.5 Å². The van der Waals surface area contributed by atoms with Gasteiger partial charge in [-0.3, -0.25) is 9.59 Å². The van der Waals surface area contributed by atoms with Crippen LogP contribution in [0.25, 0.3) is 0 Å². The smallest absolute Gasteiger partial charge is 1.00 e. The Hall–Kier alpha value is -0.939. The monoisotopic (exact) mass is 344 g/mol. The van der Waals surface area contributed by atoms with Gasteiger partial charge < -0.3 is 7.96 Å². The number of carboxylic acids is 1. The second kappa shape index (κ2) is 7.74. The summed E-state index contributed by atoms with van der Waals surface area (Å²) in [6, 6.07) is 15.7. The van der Waals surface area contributed by atoms with E-state index in [9.17, 15) is 9.59 Å². The molecule has 100 valence electrons. The van der Waals surface area contributed by atoms with E-state index in [-0.39, 0.29) is 54.1 Å². The molecule has 0 amide bonds. The number of benzene rings is 2. The van der Waals surface area contributed by atoms with E-state index in [0.717, 1.165) is 0 Å². The van der Waals surface area contributed by atoms with Crippen molar-refractivity contribution in [2.45, 2.75) is 12.8 Å². The van der Waals surface area contributed by atoms with Crippen LogP contribution in [0.4, 0.5) is 0 Å². The number of ketones is 1. The molecule has 0 aliphatic heterocycles. The second-order valence-corrected chi connectivity index (χ2v) is 4.38. The van der Waals surface area contributed by atoms with Crippen molar-refractivity contribution < 1.29 is 17.5 Å². The molecule has 1 atom stereocenters. The number of hydrogen-bond acceptors (Lipinski definition) is 2. The van der Waals surface area contributed by atoms with Crippen molar-refractivity contribution in [1.82, 2.24) is 0 Å². The van der Waals surface area contributed by atoms with Gasteiger partial charge in [-0.2, -0.15) is 0 Å². The van der Waals surface area contributed by atoms with Gasteiger partial charge in [0, 0.05) is 11.1 Å². The van der Waals surface area contributed by atoms with Gasteiger partial charge in [-0.25, -0.2) is 0 Å². The summed E-state index contributed by atoms with van der Waals surface area (Å²) in [7, 11) is 0. The molecule has 2 rings (SSSR count). The maximum atomic E-state index is 12.2. The van der Waals surface area contributed by atoms with Crippen molar-refractivity contribution in [2.24, 2.45) is 0 Å². The third kappa shape index (κ3) is 4.03. The van der Waals surface area contributed by atoms with Crippen molar-refractivity contribution in [2.75, 3.05) is 0 Å². The van der Waals surface area contributed by atoms with Gasteiger partial charge in [0.05, 0.1) is 5.92 Å². The summed E-state index contributed by atoms with van der Waals surface area (Å²) in [6.07, 6.45) is 0. The fraction of sp³-hybridized carbons (Fsp3) is 0.125. The molecule has 0 saturated heterocycles. The maximum Gasteiger partial charge on any atom is 2.00 e. The quantitative estimate of drug-likeness (QED) is 0.686. The third-order valence-corrected chi connectivity index (χ3v) is 3.06. The molecule has 0 radical (unpaired) electrons.